The van der Waals surface area contributed by atoms with Gasteiger partial charge in [0, 0.05) is 29.6 Å². The van der Waals surface area contributed by atoms with Gasteiger partial charge in [-0.1, -0.05) is 23.7 Å². The number of carboxylic acids is 1. The molecule has 1 heterocycles. The van der Waals surface area contributed by atoms with Gasteiger partial charge in [0.25, 0.3) is 0 Å². The summed E-state index contributed by atoms with van der Waals surface area (Å²) in [6.45, 7) is 0.794. The molecule has 2 amide bonds. The summed E-state index contributed by atoms with van der Waals surface area (Å²) >= 11 is 7.70. The monoisotopic (exact) mass is 328 g/mol. The van der Waals surface area contributed by atoms with E-state index in [1.165, 1.54) is 0 Å². The van der Waals surface area contributed by atoms with Crippen molar-refractivity contribution >= 4 is 35.4 Å². The van der Waals surface area contributed by atoms with Gasteiger partial charge in [-0.05, 0) is 17.7 Å². The number of carbonyl (C=O) groups excluding carboxylic acids is 1. The zero-order valence-corrected chi connectivity index (χ0v) is 13.0. The fraction of sp³-hybridized carbons (Fsp3) is 0.429. The highest BCUT2D eigenvalue weighted by atomic mass is 35.5. The van der Waals surface area contributed by atoms with Crippen molar-refractivity contribution in [3.8, 4) is 0 Å². The first kappa shape index (κ1) is 16.0. The number of halogens is 1. The number of thioether (sulfide) groups is 1. The van der Waals surface area contributed by atoms with E-state index in [0.29, 0.717) is 11.6 Å². The summed E-state index contributed by atoms with van der Waals surface area (Å²) in [4.78, 5) is 24.5. The van der Waals surface area contributed by atoms with Gasteiger partial charge in [-0.3, -0.25) is 4.79 Å². The highest BCUT2D eigenvalue weighted by molar-refractivity contribution is 7.99. The molecule has 1 aliphatic rings. The Bertz CT molecular complexity index is 509. The molecule has 7 heteroatoms. The normalized spacial score (nSPS) is 18.3. The predicted octanol–water partition coefficient (Wildman–Crippen LogP) is 2.61. The number of carbonyl (C=O) groups is 2. The number of nitrogens with zero attached hydrogens (tertiary/aromatic N) is 1. The third kappa shape index (κ3) is 4.54. The standard InChI is InChI=1S/C14H17ClN2O3S/c15-11-3-1-10(2-4-11)12-9-21-8-7-17(12)14(20)16-6-5-13(18)19/h1-4,12H,5-9H2,(H,16,20)(H,18,19). The van der Waals surface area contributed by atoms with E-state index in [2.05, 4.69) is 5.32 Å². The molecule has 1 saturated heterocycles. The number of amides is 2. The minimum Gasteiger partial charge on any atom is -0.481 e. The number of aliphatic carboxylic acids is 1. The molecule has 1 unspecified atom stereocenters. The Morgan fingerprint density at radius 1 is 1.38 bits per heavy atom. The minimum absolute atomic E-state index is 0.00848. The van der Waals surface area contributed by atoms with Crippen LogP contribution in [0.1, 0.15) is 18.0 Å². The van der Waals surface area contributed by atoms with Gasteiger partial charge in [0.2, 0.25) is 0 Å². The number of benzene rings is 1. The average Bonchev–Trinajstić information content (AvgIpc) is 2.47. The quantitative estimate of drug-likeness (QED) is 0.891. The van der Waals surface area contributed by atoms with E-state index in [0.717, 1.165) is 17.1 Å². The molecule has 0 aromatic heterocycles. The van der Waals surface area contributed by atoms with E-state index in [1.807, 2.05) is 24.3 Å². The fourth-order valence-corrected chi connectivity index (χ4v) is 3.40. The highest BCUT2D eigenvalue weighted by Gasteiger charge is 2.28. The smallest absolute Gasteiger partial charge is 0.317 e. The molecule has 1 aliphatic heterocycles. The number of urea groups is 1. The third-order valence-corrected chi connectivity index (χ3v) is 4.53. The molecule has 0 radical (unpaired) electrons. The summed E-state index contributed by atoms with van der Waals surface area (Å²) in [5.74, 6) is 0.795. The summed E-state index contributed by atoms with van der Waals surface area (Å²) in [6, 6.07) is 7.27. The van der Waals surface area contributed by atoms with Crippen molar-refractivity contribution in [3.05, 3.63) is 34.9 Å². The van der Waals surface area contributed by atoms with Crippen LogP contribution in [0.2, 0.25) is 5.02 Å². The Labute approximate surface area is 132 Å². The topological polar surface area (TPSA) is 69.6 Å². The number of hydrogen-bond donors (Lipinski definition) is 2. The zero-order valence-electron chi connectivity index (χ0n) is 11.4. The maximum Gasteiger partial charge on any atom is 0.317 e. The first-order valence-corrected chi connectivity index (χ1v) is 8.20. The number of hydrogen-bond acceptors (Lipinski definition) is 3. The Morgan fingerprint density at radius 3 is 2.76 bits per heavy atom. The van der Waals surface area contributed by atoms with Crippen molar-refractivity contribution in [3.63, 3.8) is 0 Å². The molecule has 0 spiro atoms. The van der Waals surface area contributed by atoms with E-state index in [-0.39, 0.29) is 25.0 Å². The van der Waals surface area contributed by atoms with E-state index in [4.69, 9.17) is 16.7 Å². The largest absolute Gasteiger partial charge is 0.481 e. The van der Waals surface area contributed by atoms with Crippen LogP contribution in [0.25, 0.3) is 0 Å². The van der Waals surface area contributed by atoms with Crippen LogP contribution in [0.4, 0.5) is 4.79 Å². The second-order valence-electron chi connectivity index (χ2n) is 4.71. The van der Waals surface area contributed by atoms with Crippen LogP contribution in [-0.2, 0) is 4.79 Å². The van der Waals surface area contributed by atoms with Crippen LogP contribution >= 0.6 is 23.4 Å². The lowest BCUT2D eigenvalue weighted by Crippen LogP contribution is -2.46. The number of rotatable bonds is 4. The first-order chi connectivity index (χ1) is 10.1. The lowest BCUT2D eigenvalue weighted by Gasteiger charge is -2.35. The second kappa shape index (κ2) is 7.56. The van der Waals surface area contributed by atoms with Crippen molar-refractivity contribution in [2.24, 2.45) is 0 Å². The molecule has 2 rings (SSSR count). The van der Waals surface area contributed by atoms with Crippen LogP contribution in [0.5, 0.6) is 0 Å². The second-order valence-corrected chi connectivity index (χ2v) is 6.30. The molecule has 1 aromatic carbocycles. The zero-order chi connectivity index (χ0) is 15.2. The van der Waals surface area contributed by atoms with Crippen molar-refractivity contribution < 1.29 is 14.7 Å². The predicted molar refractivity (Wildman–Crippen MR) is 83.9 cm³/mol. The molecule has 114 valence electrons. The summed E-state index contributed by atoms with van der Waals surface area (Å²) in [5, 5.41) is 11.9. The summed E-state index contributed by atoms with van der Waals surface area (Å²) < 4.78 is 0. The summed E-state index contributed by atoms with van der Waals surface area (Å²) in [7, 11) is 0. The van der Waals surface area contributed by atoms with Crippen LogP contribution in [0.15, 0.2) is 24.3 Å². The van der Waals surface area contributed by atoms with E-state index < -0.39 is 5.97 Å². The Hall–Kier alpha value is -1.40. The van der Waals surface area contributed by atoms with E-state index >= 15 is 0 Å². The van der Waals surface area contributed by atoms with Crippen molar-refractivity contribution in [2.45, 2.75) is 12.5 Å². The van der Waals surface area contributed by atoms with Crippen LogP contribution in [0, 0.1) is 0 Å². The molecule has 2 N–H and O–H groups in total. The maximum atomic E-state index is 12.2. The molecule has 0 bridgehead atoms. The number of nitrogens with one attached hydrogen (secondary N) is 1. The minimum atomic E-state index is -0.918. The fourth-order valence-electron chi connectivity index (χ4n) is 2.19. The molecule has 0 saturated carbocycles. The highest BCUT2D eigenvalue weighted by Crippen LogP contribution is 2.30. The van der Waals surface area contributed by atoms with E-state index in [9.17, 15) is 9.59 Å². The molecule has 21 heavy (non-hydrogen) atoms. The van der Waals surface area contributed by atoms with Gasteiger partial charge in [0.15, 0.2) is 0 Å². The molecule has 1 atom stereocenters. The summed E-state index contributed by atoms with van der Waals surface area (Å²) in [6.07, 6.45) is -0.0695. The van der Waals surface area contributed by atoms with Gasteiger partial charge >= 0.3 is 12.0 Å². The molecule has 0 aliphatic carbocycles. The van der Waals surface area contributed by atoms with Gasteiger partial charge in [0.05, 0.1) is 12.5 Å². The third-order valence-electron chi connectivity index (χ3n) is 3.26. The average molecular weight is 329 g/mol. The molecular formula is C14H17ClN2O3S. The lowest BCUT2D eigenvalue weighted by molar-refractivity contribution is -0.136. The van der Waals surface area contributed by atoms with Gasteiger partial charge < -0.3 is 15.3 Å². The maximum absolute atomic E-state index is 12.2. The molecular weight excluding hydrogens is 312 g/mol. The van der Waals surface area contributed by atoms with Gasteiger partial charge in [-0.25, -0.2) is 4.79 Å². The number of carboxylic acid groups (broad SMARTS) is 1. The Balaban J connectivity index is 2.02. The molecule has 1 fully saturated rings. The molecule has 5 nitrogen and oxygen atoms in total. The van der Waals surface area contributed by atoms with Crippen molar-refractivity contribution in [1.82, 2.24) is 10.2 Å². The van der Waals surface area contributed by atoms with Crippen LogP contribution in [0.3, 0.4) is 0 Å². The molecule has 1 aromatic rings. The van der Waals surface area contributed by atoms with E-state index in [1.54, 1.807) is 16.7 Å². The van der Waals surface area contributed by atoms with Crippen LogP contribution in [-0.4, -0.2) is 46.6 Å². The Morgan fingerprint density at radius 2 is 2.10 bits per heavy atom. The van der Waals surface area contributed by atoms with Crippen molar-refractivity contribution in [1.29, 1.82) is 0 Å². The van der Waals surface area contributed by atoms with Crippen molar-refractivity contribution in [2.75, 3.05) is 24.6 Å². The van der Waals surface area contributed by atoms with Crippen LogP contribution < -0.4 is 5.32 Å². The van der Waals surface area contributed by atoms with Gasteiger partial charge in [-0.2, -0.15) is 11.8 Å². The Kier molecular flexibility index (Phi) is 5.76. The lowest BCUT2D eigenvalue weighted by atomic mass is 10.1. The van der Waals surface area contributed by atoms with Gasteiger partial charge in [0.1, 0.15) is 0 Å². The summed E-state index contributed by atoms with van der Waals surface area (Å²) in [5.41, 5.74) is 1.04. The first-order valence-electron chi connectivity index (χ1n) is 6.67. The van der Waals surface area contributed by atoms with Gasteiger partial charge in [-0.15, -0.1) is 0 Å². The SMILES string of the molecule is O=C(O)CCNC(=O)N1CCSCC1c1ccc(Cl)cc1.